The fourth-order valence-electron chi connectivity index (χ4n) is 3.61. The summed E-state index contributed by atoms with van der Waals surface area (Å²) < 4.78 is 63.9. The van der Waals surface area contributed by atoms with Gasteiger partial charge in [0.25, 0.3) is 10.0 Å². The van der Waals surface area contributed by atoms with Crippen LogP contribution in [0.3, 0.4) is 0 Å². The average molecular weight is 517 g/mol. The molecule has 5 rings (SSSR count). The molecule has 0 atom stereocenters. The Morgan fingerprint density at radius 1 is 1.09 bits per heavy atom. The van der Waals surface area contributed by atoms with Crippen LogP contribution in [0.15, 0.2) is 59.9 Å². The third-order valence-corrected chi connectivity index (χ3v) is 6.77. The number of sulfonamides is 1. The molecule has 0 saturated carbocycles. The highest BCUT2D eigenvalue weighted by atomic mass is 35.5. The monoisotopic (exact) mass is 516 g/mol. The molecule has 5 aromatic rings. The molecule has 178 valence electrons. The maximum atomic E-state index is 15.5. The van der Waals surface area contributed by atoms with E-state index in [-0.39, 0.29) is 32.4 Å². The van der Waals surface area contributed by atoms with E-state index in [1.165, 1.54) is 43.8 Å². The molecule has 9 nitrogen and oxygen atoms in total. The standard InChI is InChI=1S/C22H15ClF2N6O3S/c1-34-22-16(9-11(23)10-28-22)35(32,33)31-15-4-2-3-12(17(15)24)13-5-6-14-19(18(13)25)29-30-20(14)21-26-7-8-27-21/h2-10,31H,1H3,(H,26,27)(H,29,30). The minimum absolute atomic E-state index is 0.0456. The number of anilines is 1. The van der Waals surface area contributed by atoms with Crippen LogP contribution >= 0.6 is 11.6 Å². The summed E-state index contributed by atoms with van der Waals surface area (Å²) in [6.45, 7) is 0. The lowest BCUT2D eigenvalue weighted by Crippen LogP contribution is -2.16. The van der Waals surface area contributed by atoms with Crippen molar-refractivity contribution in [3.05, 3.63) is 71.6 Å². The lowest BCUT2D eigenvalue weighted by Gasteiger charge is -2.14. The number of imidazole rings is 1. The highest BCUT2D eigenvalue weighted by Crippen LogP contribution is 2.36. The van der Waals surface area contributed by atoms with Crippen LogP contribution < -0.4 is 9.46 Å². The largest absolute Gasteiger partial charge is 0.480 e. The minimum Gasteiger partial charge on any atom is -0.480 e. The first kappa shape index (κ1) is 22.7. The fraction of sp³-hybridized carbons (Fsp3) is 0.0455. The number of fused-ring (bicyclic) bond motifs is 1. The van der Waals surface area contributed by atoms with Crippen LogP contribution in [0, 0.1) is 11.6 Å². The van der Waals surface area contributed by atoms with Gasteiger partial charge in [-0.05, 0) is 18.2 Å². The number of pyridine rings is 1. The van der Waals surface area contributed by atoms with Gasteiger partial charge in [0, 0.05) is 35.1 Å². The van der Waals surface area contributed by atoms with Crippen molar-refractivity contribution in [2.45, 2.75) is 4.90 Å². The molecule has 0 aliphatic carbocycles. The van der Waals surface area contributed by atoms with Crippen LogP contribution in [-0.4, -0.2) is 40.7 Å². The van der Waals surface area contributed by atoms with E-state index in [9.17, 15) is 8.42 Å². The Bertz CT molecular complexity index is 1670. The summed E-state index contributed by atoms with van der Waals surface area (Å²) >= 11 is 5.88. The SMILES string of the molecule is COc1ncc(Cl)cc1S(=O)(=O)Nc1cccc(-c2ccc3c(-c4ncc[nH]4)n[nH]c3c2F)c1F. The Labute approximate surface area is 202 Å². The number of nitrogens with one attached hydrogen (secondary N) is 3. The van der Waals surface area contributed by atoms with Gasteiger partial charge >= 0.3 is 0 Å². The van der Waals surface area contributed by atoms with Gasteiger partial charge in [-0.1, -0.05) is 29.8 Å². The normalized spacial score (nSPS) is 11.7. The van der Waals surface area contributed by atoms with E-state index in [1.54, 1.807) is 12.3 Å². The Kier molecular flexibility index (Phi) is 5.61. The van der Waals surface area contributed by atoms with Crippen molar-refractivity contribution in [3.63, 3.8) is 0 Å². The van der Waals surface area contributed by atoms with Crippen LogP contribution in [0.5, 0.6) is 5.88 Å². The number of hydrogen-bond acceptors (Lipinski definition) is 6. The van der Waals surface area contributed by atoms with E-state index in [0.717, 1.165) is 6.07 Å². The molecule has 0 aliphatic heterocycles. The smallest absolute Gasteiger partial charge is 0.267 e. The first-order chi connectivity index (χ1) is 16.8. The number of aromatic nitrogens is 5. The summed E-state index contributed by atoms with van der Waals surface area (Å²) in [5.74, 6) is -1.51. The van der Waals surface area contributed by atoms with Gasteiger partial charge < -0.3 is 9.72 Å². The summed E-state index contributed by atoms with van der Waals surface area (Å²) in [7, 11) is -3.11. The van der Waals surface area contributed by atoms with Gasteiger partial charge in [0.15, 0.2) is 22.4 Å². The van der Waals surface area contributed by atoms with Crippen molar-refractivity contribution in [2.75, 3.05) is 11.8 Å². The molecule has 0 spiro atoms. The number of ether oxygens (including phenoxy) is 1. The predicted molar refractivity (Wildman–Crippen MR) is 126 cm³/mol. The zero-order chi connectivity index (χ0) is 24.7. The Morgan fingerprint density at radius 3 is 2.63 bits per heavy atom. The van der Waals surface area contributed by atoms with Crippen molar-refractivity contribution in [1.82, 2.24) is 25.1 Å². The van der Waals surface area contributed by atoms with E-state index in [0.29, 0.717) is 16.9 Å². The molecule has 0 unspecified atom stereocenters. The molecule has 3 heterocycles. The molecule has 2 aromatic carbocycles. The third-order valence-electron chi connectivity index (χ3n) is 5.20. The summed E-state index contributed by atoms with van der Waals surface area (Å²) in [6, 6.07) is 8.04. The number of methoxy groups -OCH3 is 1. The van der Waals surface area contributed by atoms with E-state index in [4.69, 9.17) is 16.3 Å². The number of nitrogens with zero attached hydrogens (tertiary/aromatic N) is 3. The maximum absolute atomic E-state index is 15.5. The van der Waals surface area contributed by atoms with Crippen molar-refractivity contribution >= 4 is 38.2 Å². The predicted octanol–water partition coefficient (Wildman–Crippen LogP) is 4.76. The van der Waals surface area contributed by atoms with Crippen LogP contribution in [0.1, 0.15) is 0 Å². The van der Waals surface area contributed by atoms with Gasteiger partial charge in [0.05, 0.1) is 17.8 Å². The second-order valence-electron chi connectivity index (χ2n) is 7.29. The molecule has 0 aliphatic rings. The van der Waals surface area contributed by atoms with Crippen LogP contribution in [0.4, 0.5) is 14.5 Å². The molecule has 0 saturated heterocycles. The second-order valence-corrected chi connectivity index (χ2v) is 9.38. The average Bonchev–Trinajstić information content (AvgIpc) is 3.51. The minimum atomic E-state index is -4.35. The number of rotatable bonds is 6. The topological polar surface area (TPSA) is 126 Å². The molecule has 0 bridgehead atoms. The highest BCUT2D eigenvalue weighted by Gasteiger charge is 2.25. The van der Waals surface area contributed by atoms with Crippen molar-refractivity contribution < 1.29 is 21.9 Å². The van der Waals surface area contributed by atoms with Gasteiger partial charge in [-0.3, -0.25) is 9.82 Å². The maximum Gasteiger partial charge on any atom is 0.267 e. The number of hydrogen-bond donors (Lipinski definition) is 3. The molecular formula is C22H15ClF2N6O3S. The molecule has 0 amide bonds. The Morgan fingerprint density at radius 2 is 1.89 bits per heavy atom. The van der Waals surface area contributed by atoms with E-state index in [2.05, 4.69) is 29.9 Å². The van der Waals surface area contributed by atoms with E-state index >= 15 is 8.78 Å². The zero-order valence-corrected chi connectivity index (χ0v) is 19.4. The number of H-pyrrole nitrogens is 2. The lowest BCUT2D eigenvalue weighted by molar-refractivity contribution is 0.385. The molecule has 3 N–H and O–H groups in total. The number of benzene rings is 2. The summed E-state index contributed by atoms with van der Waals surface area (Å²) in [6.07, 6.45) is 4.36. The van der Waals surface area contributed by atoms with Crippen molar-refractivity contribution in [2.24, 2.45) is 0 Å². The van der Waals surface area contributed by atoms with Crippen LogP contribution in [0.25, 0.3) is 33.5 Å². The van der Waals surface area contributed by atoms with Gasteiger partial charge in [-0.2, -0.15) is 5.10 Å². The van der Waals surface area contributed by atoms with Crippen molar-refractivity contribution in [1.29, 1.82) is 0 Å². The highest BCUT2D eigenvalue weighted by molar-refractivity contribution is 7.92. The summed E-state index contributed by atoms with van der Waals surface area (Å²) in [5.41, 5.74) is -0.192. The molecular weight excluding hydrogens is 502 g/mol. The molecule has 35 heavy (non-hydrogen) atoms. The van der Waals surface area contributed by atoms with Gasteiger partial charge in [0.1, 0.15) is 11.2 Å². The Balaban J connectivity index is 1.56. The van der Waals surface area contributed by atoms with E-state index < -0.39 is 27.3 Å². The van der Waals surface area contributed by atoms with Crippen LogP contribution in [-0.2, 0) is 10.0 Å². The third kappa shape index (κ3) is 3.96. The molecule has 13 heteroatoms. The second kappa shape index (κ2) is 8.64. The Hall–Kier alpha value is -4.03. The van der Waals surface area contributed by atoms with Crippen molar-refractivity contribution in [3.8, 4) is 28.5 Å². The van der Waals surface area contributed by atoms with Gasteiger partial charge in [-0.25, -0.2) is 27.2 Å². The summed E-state index contributed by atoms with van der Waals surface area (Å²) in [5, 5.41) is 7.21. The van der Waals surface area contributed by atoms with E-state index in [1.807, 2.05) is 0 Å². The van der Waals surface area contributed by atoms with Gasteiger partial charge in [-0.15, -0.1) is 0 Å². The number of aromatic amines is 2. The lowest BCUT2D eigenvalue weighted by atomic mass is 10.0. The molecule has 3 aromatic heterocycles. The molecule has 0 fully saturated rings. The fourth-order valence-corrected chi connectivity index (χ4v) is 5.04. The van der Waals surface area contributed by atoms with Gasteiger partial charge in [0.2, 0.25) is 5.88 Å². The first-order valence-corrected chi connectivity index (χ1v) is 11.8. The molecule has 0 radical (unpaired) electrons. The van der Waals surface area contributed by atoms with Crippen LogP contribution in [0.2, 0.25) is 5.02 Å². The number of halogens is 3. The summed E-state index contributed by atoms with van der Waals surface area (Å²) in [4.78, 5) is 10.5. The quantitative estimate of drug-likeness (QED) is 0.299. The first-order valence-electron chi connectivity index (χ1n) is 9.97. The zero-order valence-electron chi connectivity index (χ0n) is 17.8.